The molecule has 0 spiro atoms. The molecule has 1 aliphatic rings. The average molecular weight is 143 g/mol. The fourth-order valence-electron chi connectivity index (χ4n) is 0.858. The Labute approximate surface area is 61.2 Å². The summed E-state index contributed by atoms with van der Waals surface area (Å²) >= 11 is 0. The van der Waals surface area contributed by atoms with Gasteiger partial charge in [-0.15, -0.1) is 5.06 Å². The predicted octanol–water partition coefficient (Wildman–Crippen LogP) is 0.784. The third kappa shape index (κ3) is 2.37. The summed E-state index contributed by atoms with van der Waals surface area (Å²) in [4.78, 5) is 5.25. The zero-order valence-electron chi connectivity index (χ0n) is 6.30. The van der Waals surface area contributed by atoms with Crippen LogP contribution in [-0.2, 0) is 9.57 Å². The van der Waals surface area contributed by atoms with Crippen molar-refractivity contribution in [3.63, 3.8) is 0 Å². The number of nitrogens with zero attached hydrogens (tertiary/aromatic N) is 1. The molecule has 3 heteroatoms. The topological polar surface area (TPSA) is 21.7 Å². The summed E-state index contributed by atoms with van der Waals surface area (Å²) < 4.78 is 5.13. The molecule has 0 atom stereocenters. The first kappa shape index (κ1) is 7.57. The van der Waals surface area contributed by atoms with Gasteiger partial charge in [-0.05, 0) is 6.92 Å². The van der Waals surface area contributed by atoms with Gasteiger partial charge in [-0.3, -0.25) is 0 Å². The molecular formula is C7H13NO2. The molecule has 0 aromatic rings. The largest absolute Gasteiger partial charge is 0.411 e. The summed E-state index contributed by atoms with van der Waals surface area (Å²) in [6.45, 7) is 8.68. The van der Waals surface area contributed by atoms with Crippen LogP contribution < -0.4 is 0 Å². The van der Waals surface area contributed by atoms with Crippen molar-refractivity contribution in [1.82, 2.24) is 5.06 Å². The molecule has 1 rings (SSSR count). The Hall–Kier alpha value is -0.540. The van der Waals surface area contributed by atoms with Gasteiger partial charge in [0.2, 0.25) is 0 Å². The van der Waals surface area contributed by atoms with Crippen LogP contribution in [0.4, 0.5) is 0 Å². The van der Waals surface area contributed by atoms with Crippen LogP contribution >= 0.6 is 0 Å². The highest BCUT2D eigenvalue weighted by Crippen LogP contribution is 2.01. The summed E-state index contributed by atoms with van der Waals surface area (Å²) in [7, 11) is 0. The first-order valence-corrected chi connectivity index (χ1v) is 3.45. The van der Waals surface area contributed by atoms with Crippen LogP contribution in [0.5, 0.6) is 0 Å². The van der Waals surface area contributed by atoms with Gasteiger partial charge < -0.3 is 9.57 Å². The van der Waals surface area contributed by atoms with Crippen molar-refractivity contribution in [3.05, 3.63) is 12.3 Å². The van der Waals surface area contributed by atoms with Crippen LogP contribution in [0.3, 0.4) is 0 Å². The van der Waals surface area contributed by atoms with Crippen LogP contribution in [-0.4, -0.2) is 31.4 Å². The molecule has 1 aliphatic heterocycles. The Bertz CT molecular complexity index is 119. The van der Waals surface area contributed by atoms with Crippen molar-refractivity contribution in [3.8, 4) is 0 Å². The molecular weight excluding hydrogens is 130 g/mol. The number of hydrogen-bond donors (Lipinski definition) is 0. The number of hydroxylamine groups is 2. The van der Waals surface area contributed by atoms with E-state index in [2.05, 4.69) is 6.58 Å². The van der Waals surface area contributed by atoms with Gasteiger partial charge in [0.25, 0.3) is 0 Å². The van der Waals surface area contributed by atoms with Gasteiger partial charge in [-0.2, -0.15) is 0 Å². The first-order valence-electron chi connectivity index (χ1n) is 3.45. The molecule has 0 radical (unpaired) electrons. The molecule has 0 aromatic carbocycles. The summed E-state index contributed by atoms with van der Waals surface area (Å²) in [6.07, 6.45) is 0. The van der Waals surface area contributed by atoms with E-state index in [1.165, 1.54) is 0 Å². The Morgan fingerprint density at radius 3 is 2.60 bits per heavy atom. The van der Waals surface area contributed by atoms with Crippen molar-refractivity contribution in [1.29, 1.82) is 0 Å². The molecule has 0 aromatic heterocycles. The second-order valence-electron chi connectivity index (χ2n) is 2.33. The predicted molar refractivity (Wildman–Crippen MR) is 38.3 cm³/mol. The molecule has 0 unspecified atom stereocenters. The number of morpholine rings is 1. The average Bonchev–Trinajstić information content (AvgIpc) is 1.88. The second kappa shape index (κ2) is 3.58. The van der Waals surface area contributed by atoms with E-state index >= 15 is 0 Å². The molecule has 1 fully saturated rings. The minimum atomic E-state index is 0.738. The lowest BCUT2D eigenvalue weighted by Gasteiger charge is -2.25. The maximum Gasteiger partial charge on any atom is 0.114 e. The molecule has 1 heterocycles. The van der Waals surface area contributed by atoms with Crippen molar-refractivity contribution in [2.75, 3.05) is 26.3 Å². The van der Waals surface area contributed by atoms with Crippen LogP contribution in [0, 0.1) is 0 Å². The third-order valence-electron chi connectivity index (χ3n) is 1.25. The Morgan fingerprint density at radius 1 is 1.50 bits per heavy atom. The zero-order chi connectivity index (χ0) is 7.40. The standard InChI is InChI=1S/C7H13NO2/c1-7(2)10-8-3-5-9-6-4-8/h1,3-6H2,2H3. The molecule has 0 amide bonds. The van der Waals surface area contributed by atoms with Crippen molar-refractivity contribution < 1.29 is 9.57 Å². The van der Waals surface area contributed by atoms with Gasteiger partial charge in [0, 0.05) is 0 Å². The van der Waals surface area contributed by atoms with E-state index in [-0.39, 0.29) is 0 Å². The lowest BCUT2D eigenvalue weighted by Crippen LogP contribution is -2.35. The number of allylic oxidation sites excluding steroid dienone is 1. The van der Waals surface area contributed by atoms with Crippen LogP contribution in [0.1, 0.15) is 6.92 Å². The fourth-order valence-corrected chi connectivity index (χ4v) is 0.858. The van der Waals surface area contributed by atoms with E-state index in [1.807, 2.05) is 12.0 Å². The molecule has 58 valence electrons. The monoisotopic (exact) mass is 143 g/mol. The first-order chi connectivity index (χ1) is 4.79. The summed E-state index contributed by atoms with van der Waals surface area (Å²) in [5.74, 6) is 0.738. The van der Waals surface area contributed by atoms with Crippen molar-refractivity contribution >= 4 is 0 Å². The minimum Gasteiger partial charge on any atom is -0.411 e. The second-order valence-corrected chi connectivity index (χ2v) is 2.33. The molecule has 0 bridgehead atoms. The minimum absolute atomic E-state index is 0.738. The molecule has 0 saturated carbocycles. The van der Waals surface area contributed by atoms with E-state index < -0.39 is 0 Å². The van der Waals surface area contributed by atoms with Crippen molar-refractivity contribution in [2.24, 2.45) is 0 Å². The summed E-state index contributed by atoms with van der Waals surface area (Å²) in [5, 5.41) is 1.87. The third-order valence-corrected chi connectivity index (χ3v) is 1.25. The lowest BCUT2D eigenvalue weighted by molar-refractivity contribution is -0.162. The van der Waals surface area contributed by atoms with Gasteiger partial charge in [0.15, 0.2) is 0 Å². The molecule has 3 nitrogen and oxygen atoms in total. The number of hydrogen-bond acceptors (Lipinski definition) is 3. The van der Waals surface area contributed by atoms with Crippen LogP contribution in [0.2, 0.25) is 0 Å². The smallest absolute Gasteiger partial charge is 0.114 e. The van der Waals surface area contributed by atoms with Crippen molar-refractivity contribution in [2.45, 2.75) is 6.92 Å². The number of rotatable bonds is 2. The maximum atomic E-state index is 5.25. The lowest BCUT2D eigenvalue weighted by atomic mass is 10.5. The molecule has 0 N–H and O–H groups in total. The highest BCUT2D eigenvalue weighted by Gasteiger charge is 2.10. The quantitative estimate of drug-likeness (QED) is 0.533. The molecule has 10 heavy (non-hydrogen) atoms. The highest BCUT2D eigenvalue weighted by atomic mass is 16.7. The SMILES string of the molecule is C=C(C)ON1CCOCC1. The van der Waals surface area contributed by atoms with Gasteiger partial charge in [-0.1, -0.05) is 6.58 Å². The van der Waals surface area contributed by atoms with Crippen LogP contribution in [0.15, 0.2) is 12.3 Å². The van der Waals surface area contributed by atoms with E-state index in [4.69, 9.17) is 9.57 Å². The summed E-state index contributed by atoms with van der Waals surface area (Å²) in [6, 6.07) is 0. The Balaban J connectivity index is 2.19. The van der Waals surface area contributed by atoms with E-state index in [1.54, 1.807) is 0 Å². The molecule has 1 saturated heterocycles. The van der Waals surface area contributed by atoms with Gasteiger partial charge in [0.1, 0.15) is 5.76 Å². The normalized spacial score (nSPS) is 20.5. The highest BCUT2D eigenvalue weighted by molar-refractivity contribution is 4.73. The van der Waals surface area contributed by atoms with Gasteiger partial charge in [-0.25, -0.2) is 0 Å². The molecule has 0 aliphatic carbocycles. The van der Waals surface area contributed by atoms with E-state index in [0.29, 0.717) is 0 Å². The van der Waals surface area contributed by atoms with E-state index in [0.717, 1.165) is 32.1 Å². The van der Waals surface area contributed by atoms with Gasteiger partial charge in [0.05, 0.1) is 26.3 Å². The Kier molecular flexibility index (Phi) is 2.71. The van der Waals surface area contributed by atoms with Gasteiger partial charge >= 0.3 is 0 Å². The fraction of sp³-hybridized carbons (Fsp3) is 0.714. The Morgan fingerprint density at radius 2 is 2.10 bits per heavy atom. The number of ether oxygens (including phenoxy) is 1. The summed E-state index contributed by atoms with van der Waals surface area (Å²) in [5.41, 5.74) is 0. The zero-order valence-corrected chi connectivity index (χ0v) is 6.30. The van der Waals surface area contributed by atoms with Crippen LogP contribution in [0.25, 0.3) is 0 Å². The maximum absolute atomic E-state index is 5.25. The van der Waals surface area contributed by atoms with E-state index in [9.17, 15) is 0 Å².